The third-order valence-corrected chi connectivity index (χ3v) is 3.01. The van der Waals surface area contributed by atoms with Crippen LogP contribution in [-0.4, -0.2) is 29.0 Å². The standard InChI is InChI=1S/C12H14ClN3O2/c1-12(2)15-10(17)7-16(12)11(18)14-9-5-3-8(13)4-6-9/h3-6H,7H2,1-2H3,(H,14,18)(H,15,17). The van der Waals surface area contributed by atoms with Crippen molar-refractivity contribution in [1.82, 2.24) is 10.2 Å². The van der Waals surface area contributed by atoms with Gasteiger partial charge < -0.3 is 10.6 Å². The molecule has 0 bridgehead atoms. The Morgan fingerprint density at radius 1 is 1.39 bits per heavy atom. The summed E-state index contributed by atoms with van der Waals surface area (Å²) in [4.78, 5) is 24.8. The fourth-order valence-electron chi connectivity index (χ4n) is 1.84. The Kier molecular flexibility index (Phi) is 3.17. The zero-order valence-corrected chi connectivity index (χ0v) is 10.9. The van der Waals surface area contributed by atoms with Gasteiger partial charge in [-0.1, -0.05) is 11.6 Å². The summed E-state index contributed by atoms with van der Waals surface area (Å²) >= 11 is 5.76. The number of urea groups is 1. The fraction of sp³-hybridized carbons (Fsp3) is 0.333. The summed E-state index contributed by atoms with van der Waals surface area (Å²) in [5.74, 6) is -0.161. The van der Waals surface area contributed by atoms with Crippen molar-refractivity contribution in [2.45, 2.75) is 19.5 Å². The number of amides is 3. The molecule has 18 heavy (non-hydrogen) atoms. The largest absolute Gasteiger partial charge is 0.332 e. The number of nitrogens with one attached hydrogen (secondary N) is 2. The zero-order valence-electron chi connectivity index (χ0n) is 10.2. The van der Waals surface area contributed by atoms with Gasteiger partial charge in [0.2, 0.25) is 5.91 Å². The molecule has 3 amide bonds. The van der Waals surface area contributed by atoms with E-state index in [0.29, 0.717) is 10.7 Å². The summed E-state index contributed by atoms with van der Waals surface area (Å²) in [5, 5.41) is 6.05. The maximum atomic E-state index is 12.1. The smallest absolute Gasteiger partial charge is 0.324 e. The van der Waals surface area contributed by atoms with Crippen molar-refractivity contribution in [3.63, 3.8) is 0 Å². The third-order valence-electron chi connectivity index (χ3n) is 2.76. The molecule has 0 aliphatic carbocycles. The van der Waals surface area contributed by atoms with Crippen molar-refractivity contribution in [2.75, 3.05) is 11.9 Å². The molecule has 1 fully saturated rings. The predicted molar refractivity (Wildman–Crippen MR) is 69.4 cm³/mol. The number of hydrogen-bond donors (Lipinski definition) is 2. The van der Waals surface area contributed by atoms with Gasteiger partial charge in [-0.05, 0) is 38.1 Å². The van der Waals surface area contributed by atoms with Crippen LogP contribution in [-0.2, 0) is 4.79 Å². The summed E-state index contributed by atoms with van der Waals surface area (Å²) in [7, 11) is 0. The SMILES string of the molecule is CC1(C)NC(=O)CN1C(=O)Nc1ccc(Cl)cc1. The quantitative estimate of drug-likeness (QED) is 0.818. The molecule has 1 aromatic carbocycles. The Hall–Kier alpha value is -1.75. The molecule has 1 aliphatic heterocycles. The number of carbonyl (C=O) groups excluding carboxylic acids is 2. The molecule has 0 spiro atoms. The molecule has 1 aliphatic rings. The van der Waals surface area contributed by atoms with Crippen LogP contribution in [0.2, 0.25) is 5.02 Å². The monoisotopic (exact) mass is 267 g/mol. The molecular weight excluding hydrogens is 254 g/mol. The first kappa shape index (κ1) is 12.7. The van der Waals surface area contributed by atoms with Crippen molar-refractivity contribution in [3.8, 4) is 0 Å². The molecule has 0 atom stereocenters. The molecule has 2 N–H and O–H groups in total. The van der Waals surface area contributed by atoms with Gasteiger partial charge in [0.15, 0.2) is 0 Å². The van der Waals surface area contributed by atoms with Gasteiger partial charge in [-0.25, -0.2) is 4.79 Å². The van der Waals surface area contributed by atoms with E-state index in [2.05, 4.69) is 10.6 Å². The molecule has 0 aromatic heterocycles. The highest BCUT2D eigenvalue weighted by Crippen LogP contribution is 2.19. The third kappa shape index (κ3) is 2.56. The Morgan fingerprint density at radius 2 is 2.00 bits per heavy atom. The van der Waals surface area contributed by atoms with Crippen LogP contribution in [0.25, 0.3) is 0 Å². The van der Waals surface area contributed by atoms with Crippen LogP contribution in [0, 0.1) is 0 Å². The lowest BCUT2D eigenvalue weighted by Crippen LogP contribution is -2.50. The lowest BCUT2D eigenvalue weighted by atomic mass is 10.2. The first-order valence-corrected chi connectivity index (χ1v) is 5.91. The second-order valence-electron chi connectivity index (χ2n) is 4.63. The van der Waals surface area contributed by atoms with Crippen LogP contribution < -0.4 is 10.6 Å². The van der Waals surface area contributed by atoms with E-state index in [9.17, 15) is 9.59 Å². The van der Waals surface area contributed by atoms with E-state index in [4.69, 9.17) is 11.6 Å². The first-order valence-electron chi connectivity index (χ1n) is 5.54. The van der Waals surface area contributed by atoms with Gasteiger partial charge in [-0.15, -0.1) is 0 Å². The summed E-state index contributed by atoms with van der Waals surface area (Å²) in [6, 6.07) is 6.48. The lowest BCUT2D eigenvalue weighted by Gasteiger charge is -2.30. The van der Waals surface area contributed by atoms with Crippen molar-refractivity contribution < 1.29 is 9.59 Å². The van der Waals surface area contributed by atoms with Gasteiger partial charge in [0.25, 0.3) is 0 Å². The van der Waals surface area contributed by atoms with Gasteiger partial charge in [0.05, 0.1) is 0 Å². The van der Waals surface area contributed by atoms with E-state index in [1.54, 1.807) is 38.1 Å². The van der Waals surface area contributed by atoms with Gasteiger partial charge in [-0.2, -0.15) is 0 Å². The number of nitrogens with zero attached hydrogens (tertiary/aromatic N) is 1. The first-order chi connectivity index (χ1) is 8.38. The topological polar surface area (TPSA) is 61.4 Å². The highest BCUT2D eigenvalue weighted by molar-refractivity contribution is 6.30. The van der Waals surface area contributed by atoms with Gasteiger partial charge in [-0.3, -0.25) is 9.69 Å². The second-order valence-corrected chi connectivity index (χ2v) is 5.07. The normalized spacial score (nSPS) is 17.5. The minimum atomic E-state index is -0.673. The second kappa shape index (κ2) is 4.49. The molecule has 0 saturated carbocycles. The average molecular weight is 268 g/mol. The number of rotatable bonds is 1. The minimum absolute atomic E-state index is 0.0619. The molecular formula is C12H14ClN3O2. The molecule has 6 heteroatoms. The highest BCUT2D eigenvalue weighted by atomic mass is 35.5. The fourth-order valence-corrected chi connectivity index (χ4v) is 1.97. The maximum absolute atomic E-state index is 12.1. The molecule has 2 rings (SSSR count). The Labute approximate surface area is 110 Å². The van der Waals surface area contributed by atoms with Crippen LogP contribution in [0.15, 0.2) is 24.3 Å². The van der Waals surface area contributed by atoms with Crippen LogP contribution in [0.4, 0.5) is 10.5 Å². The van der Waals surface area contributed by atoms with E-state index in [0.717, 1.165) is 0 Å². The summed E-state index contributed by atoms with van der Waals surface area (Å²) in [6.07, 6.45) is 0. The number of anilines is 1. The highest BCUT2D eigenvalue weighted by Gasteiger charge is 2.39. The molecule has 1 heterocycles. The average Bonchev–Trinajstić information content (AvgIpc) is 2.55. The van der Waals surface area contributed by atoms with Crippen LogP contribution in [0.5, 0.6) is 0 Å². The van der Waals surface area contributed by atoms with E-state index < -0.39 is 5.66 Å². The maximum Gasteiger partial charge on any atom is 0.324 e. The van der Waals surface area contributed by atoms with Crippen molar-refractivity contribution in [1.29, 1.82) is 0 Å². The van der Waals surface area contributed by atoms with E-state index >= 15 is 0 Å². The molecule has 1 aromatic rings. The summed E-state index contributed by atoms with van der Waals surface area (Å²) < 4.78 is 0. The Morgan fingerprint density at radius 3 is 2.50 bits per heavy atom. The van der Waals surface area contributed by atoms with E-state index in [1.807, 2.05) is 0 Å². The number of hydrogen-bond acceptors (Lipinski definition) is 2. The Bertz CT molecular complexity index is 485. The van der Waals surface area contributed by atoms with Gasteiger partial charge in [0.1, 0.15) is 12.2 Å². The lowest BCUT2D eigenvalue weighted by molar-refractivity contribution is -0.118. The molecule has 96 valence electrons. The van der Waals surface area contributed by atoms with Crippen LogP contribution >= 0.6 is 11.6 Å². The van der Waals surface area contributed by atoms with Crippen molar-refractivity contribution in [3.05, 3.63) is 29.3 Å². The number of carbonyl (C=O) groups is 2. The minimum Gasteiger partial charge on any atom is -0.332 e. The molecule has 1 saturated heterocycles. The van der Waals surface area contributed by atoms with Gasteiger partial charge in [0, 0.05) is 10.7 Å². The summed E-state index contributed by atoms with van der Waals surface area (Å²) in [5.41, 5.74) is -0.0346. The number of benzene rings is 1. The molecule has 0 radical (unpaired) electrons. The van der Waals surface area contributed by atoms with Crippen LogP contribution in [0.3, 0.4) is 0 Å². The van der Waals surface area contributed by atoms with E-state index in [1.165, 1.54) is 4.90 Å². The molecule has 0 unspecified atom stereocenters. The zero-order chi connectivity index (χ0) is 13.3. The number of halogens is 1. The summed E-state index contributed by atoms with van der Waals surface area (Å²) in [6.45, 7) is 3.62. The van der Waals surface area contributed by atoms with Crippen LogP contribution in [0.1, 0.15) is 13.8 Å². The van der Waals surface area contributed by atoms with E-state index in [-0.39, 0.29) is 18.5 Å². The van der Waals surface area contributed by atoms with Crippen molar-refractivity contribution >= 4 is 29.2 Å². The predicted octanol–water partition coefficient (Wildman–Crippen LogP) is 2.04. The Balaban J connectivity index is 2.08. The van der Waals surface area contributed by atoms with Crippen molar-refractivity contribution in [2.24, 2.45) is 0 Å². The molecule has 5 nitrogen and oxygen atoms in total. The van der Waals surface area contributed by atoms with Gasteiger partial charge >= 0.3 is 6.03 Å².